The van der Waals surface area contributed by atoms with Crippen molar-refractivity contribution in [1.29, 1.82) is 0 Å². The molecule has 8 heteroatoms. The van der Waals surface area contributed by atoms with Crippen molar-refractivity contribution in [3.8, 4) is 0 Å². The molecule has 0 saturated carbocycles. The Bertz CT molecular complexity index is 1140. The van der Waals surface area contributed by atoms with Crippen LogP contribution in [0.5, 0.6) is 0 Å². The van der Waals surface area contributed by atoms with Crippen LogP contribution in [0.3, 0.4) is 0 Å². The average Bonchev–Trinajstić information content (AvgIpc) is 3.32. The minimum atomic E-state index is -0.0414. The lowest BCUT2D eigenvalue weighted by molar-refractivity contribution is -0.118. The van der Waals surface area contributed by atoms with Gasteiger partial charge in [-0.2, -0.15) is 0 Å². The number of hydrogen-bond acceptors (Lipinski definition) is 6. The molecule has 0 spiro atoms. The molecule has 1 aliphatic carbocycles. The maximum atomic E-state index is 12.5. The SMILES string of the molecule is CCN(CCNC(=O)CSCc1nc2sc3c(c2c(=O)[nH]1)CCC3)c1cccc(C)c1. The second-order valence-corrected chi connectivity index (χ2v) is 9.88. The van der Waals surface area contributed by atoms with Crippen LogP contribution in [0.15, 0.2) is 29.1 Å². The van der Waals surface area contributed by atoms with E-state index in [1.807, 2.05) is 0 Å². The van der Waals surface area contributed by atoms with Crippen LogP contribution in [-0.2, 0) is 23.4 Å². The van der Waals surface area contributed by atoms with Crippen LogP contribution in [0.1, 0.15) is 35.2 Å². The summed E-state index contributed by atoms with van der Waals surface area (Å²) in [5, 5.41) is 3.77. The number of rotatable bonds is 9. The number of aromatic nitrogens is 2. The number of benzene rings is 1. The third kappa shape index (κ3) is 5.13. The molecule has 1 aliphatic rings. The van der Waals surface area contributed by atoms with E-state index in [0.717, 1.165) is 42.6 Å². The number of anilines is 1. The van der Waals surface area contributed by atoms with E-state index in [9.17, 15) is 9.59 Å². The van der Waals surface area contributed by atoms with Gasteiger partial charge in [0.2, 0.25) is 5.91 Å². The lowest BCUT2D eigenvalue weighted by Crippen LogP contribution is -2.35. The molecule has 2 N–H and O–H groups in total. The number of carbonyl (C=O) groups is 1. The number of thioether (sulfide) groups is 1. The van der Waals surface area contributed by atoms with E-state index in [2.05, 4.69) is 58.3 Å². The fourth-order valence-electron chi connectivity index (χ4n) is 4.03. The largest absolute Gasteiger partial charge is 0.370 e. The molecule has 0 unspecified atom stereocenters. The molecular formula is C23H28N4O2S2. The van der Waals surface area contributed by atoms with Crippen LogP contribution in [0, 0.1) is 6.92 Å². The van der Waals surface area contributed by atoms with Crippen molar-refractivity contribution in [2.75, 3.05) is 30.3 Å². The normalized spacial score (nSPS) is 12.8. The standard InChI is InChI=1S/C23H28N4O2S2/c1-3-27(16-7-4-6-15(2)12-16)11-10-24-20(28)14-30-13-19-25-22(29)21-17-8-5-9-18(17)31-23(21)26-19/h4,6-7,12H,3,5,8-11,13-14H2,1-2H3,(H,24,28)(H,25,26,29). The minimum Gasteiger partial charge on any atom is -0.370 e. The molecule has 4 rings (SSSR count). The molecule has 0 atom stereocenters. The van der Waals surface area contributed by atoms with E-state index in [0.29, 0.717) is 23.9 Å². The van der Waals surface area contributed by atoms with Gasteiger partial charge in [0, 0.05) is 30.2 Å². The first-order chi connectivity index (χ1) is 15.0. The lowest BCUT2D eigenvalue weighted by Gasteiger charge is -2.23. The molecule has 2 heterocycles. The predicted molar refractivity (Wildman–Crippen MR) is 131 cm³/mol. The van der Waals surface area contributed by atoms with Crippen molar-refractivity contribution in [3.05, 3.63) is 56.4 Å². The highest BCUT2D eigenvalue weighted by molar-refractivity contribution is 7.99. The zero-order chi connectivity index (χ0) is 21.8. The topological polar surface area (TPSA) is 78.1 Å². The number of fused-ring (bicyclic) bond motifs is 3. The van der Waals surface area contributed by atoms with E-state index >= 15 is 0 Å². The van der Waals surface area contributed by atoms with Gasteiger partial charge in [-0.15, -0.1) is 23.1 Å². The van der Waals surface area contributed by atoms with Gasteiger partial charge in [0.15, 0.2) is 0 Å². The Morgan fingerprint density at radius 1 is 1.35 bits per heavy atom. The molecule has 0 fully saturated rings. The quantitative estimate of drug-likeness (QED) is 0.514. The summed E-state index contributed by atoms with van der Waals surface area (Å²) < 4.78 is 0. The summed E-state index contributed by atoms with van der Waals surface area (Å²) in [5.41, 5.74) is 3.56. The van der Waals surface area contributed by atoms with Crippen molar-refractivity contribution >= 4 is 44.9 Å². The van der Waals surface area contributed by atoms with Gasteiger partial charge in [-0.3, -0.25) is 9.59 Å². The maximum Gasteiger partial charge on any atom is 0.259 e. The van der Waals surface area contributed by atoms with E-state index in [1.54, 1.807) is 11.3 Å². The molecule has 2 aromatic heterocycles. The van der Waals surface area contributed by atoms with Crippen molar-refractivity contribution in [2.45, 2.75) is 38.9 Å². The molecule has 0 aliphatic heterocycles. The highest BCUT2D eigenvalue weighted by Crippen LogP contribution is 2.34. The molecular weight excluding hydrogens is 428 g/mol. The van der Waals surface area contributed by atoms with E-state index < -0.39 is 0 Å². The van der Waals surface area contributed by atoms with Crippen molar-refractivity contribution in [1.82, 2.24) is 15.3 Å². The summed E-state index contributed by atoms with van der Waals surface area (Å²) in [6.07, 6.45) is 3.16. The Labute approximate surface area is 190 Å². The molecule has 6 nitrogen and oxygen atoms in total. The van der Waals surface area contributed by atoms with Crippen LogP contribution < -0.4 is 15.8 Å². The Morgan fingerprint density at radius 2 is 2.23 bits per heavy atom. The number of carbonyl (C=O) groups excluding carboxylic acids is 1. The zero-order valence-corrected chi connectivity index (χ0v) is 19.6. The Hall–Kier alpha value is -2.32. The third-order valence-electron chi connectivity index (χ3n) is 5.55. The Kier molecular flexibility index (Phi) is 6.97. The van der Waals surface area contributed by atoms with Gasteiger partial charge in [-0.05, 0) is 56.4 Å². The third-order valence-corrected chi connectivity index (χ3v) is 7.68. The number of likely N-dealkylation sites (N-methyl/N-ethyl adjacent to an activating group) is 1. The van der Waals surface area contributed by atoms with Gasteiger partial charge in [0.25, 0.3) is 5.56 Å². The first-order valence-corrected chi connectivity index (χ1v) is 12.7. The lowest BCUT2D eigenvalue weighted by atomic mass is 10.2. The van der Waals surface area contributed by atoms with Gasteiger partial charge >= 0.3 is 0 Å². The highest BCUT2D eigenvalue weighted by atomic mass is 32.2. The summed E-state index contributed by atoms with van der Waals surface area (Å²) in [6.45, 7) is 6.46. The fraction of sp³-hybridized carbons (Fsp3) is 0.435. The van der Waals surface area contributed by atoms with Crippen molar-refractivity contribution in [3.63, 3.8) is 0 Å². The van der Waals surface area contributed by atoms with E-state index in [1.165, 1.54) is 33.5 Å². The first-order valence-electron chi connectivity index (χ1n) is 10.7. The second-order valence-electron chi connectivity index (χ2n) is 7.81. The predicted octanol–water partition coefficient (Wildman–Crippen LogP) is 3.66. The number of thiophene rings is 1. The molecule has 164 valence electrons. The number of amides is 1. The Balaban J connectivity index is 1.24. The number of aryl methyl sites for hydroxylation is 3. The summed E-state index contributed by atoms with van der Waals surface area (Å²) in [5.74, 6) is 1.51. The average molecular weight is 457 g/mol. The van der Waals surface area contributed by atoms with Gasteiger partial charge < -0.3 is 15.2 Å². The number of hydrogen-bond donors (Lipinski definition) is 2. The second kappa shape index (κ2) is 9.87. The number of H-pyrrole nitrogens is 1. The summed E-state index contributed by atoms with van der Waals surface area (Å²) in [6, 6.07) is 8.40. The molecule has 0 saturated heterocycles. The monoisotopic (exact) mass is 456 g/mol. The van der Waals surface area contributed by atoms with Gasteiger partial charge in [0.1, 0.15) is 10.7 Å². The van der Waals surface area contributed by atoms with Crippen molar-refractivity contribution in [2.24, 2.45) is 0 Å². The minimum absolute atomic E-state index is 0.00354. The summed E-state index contributed by atoms with van der Waals surface area (Å²) in [4.78, 5) is 36.7. The molecule has 31 heavy (non-hydrogen) atoms. The van der Waals surface area contributed by atoms with Gasteiger partial charge in [0.05, 0.1) is 16.9 Å². The fourth-order valence-corrected chi connectivity index (χ4v) is 6.03. The number of aromatic amines is 1. The molecule has 0 bridgehead atoms. The molecule has 1 amide bonds. The molecule has 1 aromatic carbocycles. The van der Waals surface area contributed by atoms with Gasteiger partial charge in [-0.1, -0.05) is 12.1 Å². The summed E-state index contributed by atoms with van der Waals surface area (Å²) >= 11 is 3.12. The van der Waals surface area contributed by atoms with E-state index in [-0.39, 0.29) is 11.5 Å². The molecule has 0 radical (unpaired) electrons. The first kappa shape index (κ1) is 21.9. The van der Waals surface area contributed by atoms with Crippen LogP contribution in [0.4, 0.5) is 5.69 Å². The zero-order valence-electron chi connectivity index (χ0n) is 18.0. The Morgan fingerprint density at radius 3 is 3.03 bits per heavy atom. The maximum absolute atomic E-state index is 12.5. The van der Waals surface area contributed by atoms with Crippen LogP contribution in [-0.4, -0.2) is 41.3 Å². The smallest absolute Gasteiger partial charge is 0.259 e. The summed E-state index contributed by atoms with van der Waals surface area (Å²) in [7, 11) is 0. The molecule has 3 aromatic rings. The van der Waals surface area contributed by atoms with E-state index in [4.69, 9.17) is 0 Å². The van der Waals surface area contributed by atoms with Crippen molar-refractivity contribution < 1.29 is 4.79 Å². The number of nitrogens with one attached hydrogen (secondary N) is 2. The highest BCUT2D eigenvalue weighted by Gasteiger charge is 2.21. The number of nitrogens with zero attached hydrogens (tertiary/aromatic N) is 2. The van der Waals surface area contributed by atoms with Crippen LogP contribution >= 0.6 is 23.1 Å². The van der Waals surface area contributed by atoms with Gasteiger partial charge in [-0.25, -0.2) is 4.98 Å². The van der Waals surface area contributed by atoms with Crippen LogP contribution in [0.25, 0.3) is 10.2 Å². The van der Waals surface area contributed by atoms with Crippen LogP contribution in [0.2, 0.25) is 0 Å².